The number of aromatic nitrogens is 1. The maximum atomic E-state index is 12.8. The Bertz CT molecular complexity index is 872. The van der Waals surface area contributed by atoms with Crippen LogP contribution in [0.3, 0.4) is 0 Å². The van der Waals surface area contributed by atoms with Gasteiger partial charge in [-0.05, 0) is 37.5 Å². The van der Waals surface area contributed by atoms with Crippen molar-refractivity contribution in [3.05, 3.63) is 41.4 Å². The lowest BCUT2D eigenvalue weighted by Crippen LogP contribution is -2.46. The molecule has 29 heavy (non-hydrogen) atoms. The number of nitrogens with one attached hydrogen (secondary N) is 2. The van der Waals surface area contributed by atoms with Crippen molar-refractivity contribution >= 4 is 51.6 Å². The van der Waals surface area contributed by atoms with Gasteiger partial charge in [0, 0.05) is 29.7 Å². The Morgan fingerprint density at radius 1 is 1.34 bits per heavy atom. The molecule has 3 rings (SSSR count). The van der Waals surface area contributed by atoms with E-state index < -0.39 is 12.0 Å². The smallest absolute Gasteiger partial charge is 0.248 e. The number of hydrogen-bond donors (Lipinski definition) is 2. The van der Waals surface area contributed by atoms with E-state index in [1.807, 2.05) is 43.5 Å². The van der Waals surface area contributed by atoms with Gasteiger partial charge >= 0.3 is 0 Å². The van der Waals surface area contributed by atoms with Crippen molar-refractivity contribution in [2.24, 2.45) is 5.92 Å². The van der Waals surface area contributed by atoms with Crippen LogP contribution in [-0.4, -0.2) is 47.3 Å². The van der Waals surface area contributed by atoms with E-state index in [1.54, 1.807) is 22.9 Å². The van der Waals surface area contributed by atoms with Crippen molar-refractivity contribution in [1.82, 2.24) is 10.3 Å². The van der Waals surface area contributed by atoms with Gasteiger partial charge in [-0.1, -0.05) is 18.2 Å². The summed E-state index contributed by atoms with van der Waals surface area (Å²) in [5.41, 5.74) is 0.781. The maximum absolute atomic E-state index is 12.8. The van der Waals surface area contributed by atoms with Gasteiger partial charge in [0.25, 0.3) is 0 Å². The first-order valence-electron chi connectivity index (χ1n) is 9.36. The zero-order valence-corrected chi connectivity index (χ0v) is 18.0. The molecule has 1 aromatic heterocycles. The number of carbonyl (C=O) groups excluding carboxylic acids is 3. The number of thioether (sulfide) groups is 1. The van der Waals surface area contributed by atoms with Gasteiger partial charge in [0.05, 0.1) is 5.92 Å². The molecule has 7 nitrogen and oxygen atoms in total. The fraction of sp³-hybridized carbons (Fsp3) is 0.400. The number of thiazole rings is 1. The Kier molecular flexibility index (Phi) is 7.27. The zero-order chi connectivity index (χ0) is 20.8. The first kappa shape index (κ1) is 21.3. The highest BCUT2D eigenvalue weighted by Crippen LogP contribution is 2.25. The number of para-hydroxylation sites is 1. The minimum Gasteiger partial charge on any atom is -0.344 e. The van der Waals surface area contributed by atoms with Gasteiger partial charge in [0.1, 0.15) is 6.04 Å². The molecule has 0 bridgehead atoms. The summed E-state index contributed by atoms with van der Waals surface area (Å²) in [4.78, 5) is 44.6. The van der Waals surface area contributed by atoms with Gasteiger partial charge < -0.3 is 15.5 Å². The summed E-state index contributed by atoms with van der Waals surface area (Å²) in [7, 11) is 0. The third-order valence-corrected chi connectivity index (χ3v) is 6.13. The standard InChI is InChI=1S/C20H24N4O3S2/c1-13-11-21-20(29-13)23-19(27)16(8-9-28-2)22-18(26)14-10-17(25)24(12-14)15-6-4-3-5-7-15/h3-7,11,14,16H,8-10,12H2,1-2H3,(H,22,26)(H,21,23,27)/t14?,16-/m1/s1. The van der Waals surface area contributed by atoms with E-state index in [-0.39, 0.29) is 24.1 Å². The van der Waals surface area contributed by atoms with Gasteiger partial charge in [0.15, 0.2) is 5.13 Å². The number of rotatable bonds is 8. The lowest BCUT2D eigenvalue weighted by Gasteiger charge is -2.20. The largest absolute Gasteiger partial charge is 0.344 e. The van der Waals surface area contributed by atoms with Gasteiger partial charge in [-0.15, -0.1) is 11.3 Å². The fourth-order valence-corrected chi connectivity index (χ4v) is 4.28. The number of carbonyl (C=O) groups is 3. The van der Waals surface area contributed by atoms with E-state index in [0.29, 0.717) is 18.1 Å². The Morgan fingerprint density at radius 3 is 2.76 bits per heavy atom. The Balaban J connectivity index is 1.63. The molecule has 2 aromatic rings. The zero-order valence-electron chi connectivity index (χ0n) is 16.4. The first-order chi connectivity index (χ1) is 14.0. The van der Waals surface area contributed by atoms with Crippen molar-refractivity contribution < 1.29 is 14.4 Å². The van der Waals surface area contributed by atoms with Crippen LogP contribution in [-0.2, 0) is 14.4 Å². The summed E-state index contributed by atoms with van der Waals surface area (Å²) in [5.74, 6) is -0.386. The van der Waals surface area contributed by atoms with Gasteiger partial charge in [-0.3, -0.25) is 14.4 Å². The average Bonchev–Trinajstić information content (AvgIpc) is 3.30. The topological polar surface area (TPSA) is 91.4 Å². The van der Waals surface area contributed by atoms with Crippen LogP contribution in [0.25, 0.3) is 0 Å². The highest BCUT2D eigenvalue weighted by molar-refractivity contribution is 7.98. The second kappa shape index (κ2) is 9.89. The summed E-state index contributed by atoms with van der Waals surface area (Å²) in [6.45, 7) is 2.23. The van der Waals surface area contributed by atoms with Gasteiger partial charge in [-0.2, -0.15) is 11.8 Å². The number of nitrogens with zero attached hydrogens (tertiary/aromatic N) is 2. The maximum Gasteiger partial charge on any atom is 0.248 e. The molecule has 1 aromatic carbocycles. The number of hydrogen-bond acceptors (Lipinski definition) is 6. The van der Waals surface area contributed by atoms with Crippen LogP contribution in [0.4, 0.5) is 10.8 Å². The first-order valence-corrected chi connectivity index (χ1v) is 11.6. The molecule has 1 saturated heterocycles. The van der Waals surface area contributed by atoms with E-state index in [2.05, 4.69) is 15.6 Å². The summed E-state index contributed by atoms with van der Waals surface area (Å²) in [6.07, 6.45) is 4.29. The van der Waals surface area contributed by atoms with Crippen molar-refractivity contribution in [3.8, 4) is 0 Å². The minimum atomic E-state index is -0.667. The lowest BCUT2D eigenvalue weighted by molar-refractivity contribution is -0.129. The molecule has 1 aliphatic heterocycles. The molecule has 154 valence electrons. The third-order valence-electron chi connectivity index (χ3n) is 4.66. The van der Waals surface area contributed by atoms with E-state index in [1.165, 1.54) is 11.3 Å². The molecule has 0 radical (unpaired) electrons. The molecule has 0 saturated carbocycles. The molecule has 1 fully saturated rings. The minimum absolute atomic E-state index is 0.0836. The van der Waals surface area contributed by atoms with E-state index in [0.717, 1.165) is 16.3 Å². The molecular weight excluding hydrogens is 408 g/mol. The molecule has 1 unspecified atom stereocenters. The van der Waals surface area contributed by atoms with Crippen molar-refractivity contribution in [2.45, 2.75) is 25.8 Å². The van der Waals surface area contributed by atoms with Gasteiger partial charge in [0.2, 0.25) is 17.7 Å². The molecule has 2 N–H and O–H groups in total. The van der Waals surface area contributed by atoms with Crippen LogP contribution in [0.15, 0.2) is 36.5 Å². The average molecular weight is 433 g/mol. The number of anilines is 2. The number of benzene rings is 1. The molecule has 2 heterocycles. The van der Waals surface area contributed by atoms with Crippen molar-refractivity contribution in [2.75, 3.05) is 28.8 Å². The predicted molar refractivity (Wildman–Crippen MR) is 117 cm³/mol. The normalized spacial score (nSPS) is 17.2. The lowest BCUT2D eigenvalue weighted by atomic mass is 10.1. The Morgan fingerprint density at radius 2 is 2.10 bits per heavy atom. The second-order valence-corrected chi connectivity index (χ2v) is 9.07. The molecule has 1 aliphatic rings. The van der Waals surface area contributed by atoms with Crippen LogP contribution in [0, 0.1) is 12.8 Å². The van der Waals surface area contributed by atoms with Crippen LogP contribution >= 0.6 is 23.1 Å². The molecular formula is C20H24N4O3S2. The van der Waals surface area contributed by atoms with Crippen LogP contribution < -0.4 is 15.5 Å². The van der Waals surface area contributed by atoms with E-state index >= 15 is 0 Å². The highest BCUT2D eigenvalue weighted by Gasteiger charge is 2.36. The number of aryl methyl sites for hydroxylation is 1. The quantitative estimate of drug-likeness (QED) is 0.669. The molecule has 3 amide bonds. The van der Waals surface area contributed by atoms with Crippen LogP contribution in [0.2, 0.25) is 0 Å². The SMILES string of the molecule is CSCC[C@@H](NC(=O)C1CC(=O)N(c2ccccc2)C1)C(=O)Nc1ncc(C)s1. The summed E-state index contributed by atoms with van der Waals surface area (Å²) in [6, 6.07) is 8.64. The second-order valence-electron chi connectivity index (χ2n) is 6.85. The summed E-state index contributed by atoms with van der Waals surface area (Å²) < 4.78 is 0. The van der Waals surface area contributed by atoms with E-state index in [4.69, 9.17) is 0 Å². The third kappa shape index (κ3) is 5.57. The summed E-state index contributed by atoms with van der Waals surface area (Å²) in [5, 5.41) is 6.14. The molecule has 0 aliphatic carbocycles. The Labute approximate surface area is 178 Å². The van der Waals surface area contributed by atoms with Crippen LogP contribution in [0.1, 0.15) is 17.7 Å². The van der Waals surface area contributed by atoms with Crippen molar-refractivity contribution in [1.29, 1.82) is 0 Å². The van der Waals surface area contributed by atoms with Crippen molar-refractivity contribution in [3.63, 3.8) is 0 Å². The molecule has 9 heteroatoms. The van der Waals surface area contributed by atoms with Crippen LogP contribution in [0.5, 0.6) is 0 Å². The van der Waals surface area contributed by atoms with E-state index in [9.17, 15) is 14.4 Å². The monoisotopic (exact) mass is 432 g/mol. The predicted octanol–water partition coefficient (Wildman–Crippen LogP) is 2.68. The Hall–Kier alpha value is -2.39. The number of amides is 3. The molecule has 0 spiro atoms. The molecule has 2 atom stereocenters. The summed E-state index contributed by atoms with van der Waals surface area (Å²) >= 11 is 3.00. The fourth-order valence-electron chi connectivity index (χ4n) is 3.14. The van der Waals surface area contributed by atoms with Gasteiger partial charge in [-0.25, -0.2) is 4.98 Å². The highest BCUT2D eigenvalue weighted by atomic mass is 32.2.